The molecule has 1 aliphatic heterocycles. The molecule has 140 valence electrons. The molecule has 1 saturated heterocycles. The Morgan fingerprint density at radius 3 is 2.32 bits per heavy atom. The van der Waals surface area contributed by atoms with Gasteiger partial charge in [-0.25, -0.2) is 18.4 Å². The zero-order valence-electron chi connectivity index (χ0n) is 14.9. The van der Waals surface area contributed by atoms with Gasteiger partial charge in [-0.05, 0) is 62.5 Å². The van der Waals surface area contributed by atoms with Crippen molar-refractivity contribution in [3.05, 3.63) is 24.3 Å². The molecule has 1 heterocycles. The standard InChI is InChI=1S/C17H28N4O3S/c1-13(2)11-15(21-9-3-4-10-21)12-19-17(22)20-14-5-7-16(8-6-14)25(18,23)24/h5-8,13,15H,3-4,9-12H2,1-2H3,(H2,18,23,24)(H2,19,20,22). The quantitative estimate of drug-likeness (QED) is 0.684. The topological polar surface area (TPSA) is 105 Å². The highest BCUT2D eigenvalue weighted by atomic mass is 32.2. The minimum absolute atomic E-state index is 0.0180. The van der Waals surface area contributed by atoms with E-state index in [1.54, 1.807) is 0 Å². The summed E-state index contributed by atoms with van der Waals surface area (Å²) < 4.78 is 22.5. The van der Waals surface area contributed by atoms with E-state index < -0.39 is 10.0 Å². The molecular weight excluding hydrogens is 340 g/mol. The van der Waals surface area contributed by atoms with Gasteiger partial charge in [0.2, 0.25) is 10.0 Å². The Balaban J connectivity index is 1.87. The lowest BCUT2D eigenvalue weighted by Gasteiger charge is -2.29. The number of carbonyl (C=O) groups excluding carboxylic acids is 1. The van der Waals surface area contributed by atoms with Crippen molar-refractivity contribution in [1.29, 1.82) is 0 Å². The molecule has 1 fully saturated rings. The van der Waals surface area contributed by atoms with Gasteiger partial charge < -0.3 is 10.6 Å². The highest BCUT2D eigenvalue weighted by Gasteiger charge is 2.23. The van der Waals surface area contributed by atoms with Crippen molar-refractivity contribution in [2.24, 2.45) is 11.1 Å². The second-order valence-corrected chi connectivity index (χ2v) is 8.49. The summed E-state index contributed by atoms with van der Waals surface area (Å²) >= 11 is 0. The molecule has 1 aromatic rings. The summed E-state index contributed by atoms with van der Waals surface area (Å²) in [6.45, 7) is 7.16. The molecule has 4 N–H and O–H groups in total. The van der Waals surface area contributed by atoms with Crippen molar-refractivity contribution in [2.45, 2.75) is 44.0 Å². The molecule has 8 heteroatoms. The van der Waals surface area contributed by atoms with Gasteiger partial charge in [-0.1, -0.05) is 13.8 Å². The van der Waals surface area contributed by atoms with Crippen LogP contribution >= 0.6 is 0 Å². The molecule has 1 aliphatic rings. The number of sulfonamides is 1. The number of nitrogens with one attached hydrogen (secondary N) is 2. The third-order valence-electron chi connectivity index (χ3n) is 4.34. The van der Waals surface area contributed by atoms with Crippen LogP contribution in [0.4, 0.5) is 10.5 Å². The largest absolute Gasteiger partial charge is 0.336 e. The molecule has 2 rings (SSSR count). The van der Waals surface area contributed by atoms with Crippen LogP contribution in [0.3, 0.4) is 0 Å². The van der Waals surface area contributed by atoms with E-state index in [-0.39, 0.29) is 10.9 Å². The Morgan fingerprint density at radius 2 is 1.80 bits per heavy atom. The number of nitrogens with zero attached hydrogens (tertiary/aromatic N) is 1. The molecule has 2 amide bonds. The van der Waals surface area contributed by atoms with Crippen LogP contribution in [0.1, 0.15) is 33.1 Å². The first-order valence-electron chi connectivity index (χ1n) is 8.67. The van der Waals surface area contributed by atoms with Gasteiger partial charge in [0.1, 0.15) is 0 Å². The van der Waals surface area contributed by atoms with Crippen molar-refractivity contribution >= 4 is 21.7 Å². The van der Waals surface area contributed by atoms with E-state index in [0.717, 1.165) is 19.5 Å². The molecule has 0 aliphatic carbocycles. The lowest BCUT2D eigenvalue weighted by atomic mass is 10.0. The Kier molecular flexibility index (Phi) is 6.80. The van der Waals surface area contributed by atoms with E-state index in [2.05, 4.69) is 29.4 Å². The molecule has 1 unspecified atom stereocenters. The van der Waals surface area contributed by atoms with Gasteiger partial charge in [0.05, 0.1) is 4.90 Å². The Labute approximate surface area is 150 Å². The second-order valence-electron chi connectivity index (χ2n) is 6.93. The number of likely N-dealkylation sites (tertiary alicyclic amines) is 1. The molecule has 0 bridgehead atoms. The second kappa shape index (κ2) is 8.64. The van der Waals surface area contributed by atoms with Crippen molar-refractivity contribution in [3.63, 3.8) is 0 Å². The average molecular weight is 369 g/mol. The molecule has 0 radical (unpaired) electrons. The zero-order chi connectivity index (χ0) is 18.4. The van der Waals surface area contributed by atoms with E-state index in [1.807, 2.05) is 0 Å². The molecule has 0 saturated carbocycles. The maximum Gasteiger partial charge on any atom is 0.319 e. The molecular formula is C17H28N4O3S. The van der Waals surface area contributed by atoms with Gasteiger partial charge in [0, 0.05) is 18.3 Å². The molecule has 7 nitrogen and oxygen atoms in total. The fraction of sp³-hybridized carbons (Fsp3) is 0.588. The third-order valence-corrected chi connectivity index (χ3v) is 5.27. The Bertz CT molecular complexity index is 668. The van der Waals surface area contributed by atoms with Crippen LogP contribution in [0.25, 0.3) is 0 Å². The summed E-state index contributed by atoms with van der Waals surface area (Å²) in [6.07, 6.45) is 3.48. The number of hydrogen-bond acceptors (Lipinski definition) is 4. The van der Waals surface area contributed by atoms with Crippen LogP contribution in [-0.2, 0) is 10.0 Å². The number of primary sulfonamides is 1. The van der Waals surface area contributed by atoms with E-state index >= 15 is 0 Å². The van der Waals surface area contributed by atoms with Crippen LogP contribution in [0, 0.1) is 5.92 Å². The zero-order valence-corrected chi connectivity index (χ0v) is 15.7. The van der Waals surface area contributed by atoms with Crippen LogP contribution in [0.2, 0.25) is 0 Å². The molecule has 1 aromatic carbocycles. The van der Waals surface area contributed by atoms with Crippen LogP contribution < -0.4 is 15.8 Å². The van der Waals surface area contributed by atoms with Gasteiger partial charge in [0.25, 0.3) is 0 Å². The molecule has 1 atom stereocenters. The maximum absolute atomic E-state index is 12.1. The van der Waals surface area contributed by atoms with E-state index in [1.165, 1.54) is 37.1 Å². The van der Waals surface area contributed by atoms with E-state index in [4.69, 9.17) is 5.14 Å². The van der Waals surface area contributed by atoms with E-state index in [9.17, 15) is 13.2 Å². The average Bonchev–Trinajstić information content (AvgIpc) is 3.05. The van der Waals surface area contributed by atoms with Crippen LogP contribution in [0.5, 0.6) is 0 Å². The number of carbonyl (C=O) groups is 1. The first-order valence-corrected chi connectivity index (χ1v) is 10.2. The Hall–Kier alpha value is -1.64. The predicted molar refractivity (Wildman–Crippen MR) is 98.9 cm³/mol. The summed E-state index contributed by atoms with van der Waals surface area (Å²) in [4.78, 5) is 14.6. The highest BCUT2D eigenvalue weighted by molar-refractivity contribution is 7.89. The minimum Gasteiger partial charge on any atom is -0.336 e. The third kappa shape index (κ3) is 6.30. The lowest BCUT2D eigenvalue weighted by molar-refractivity contribution is 0.204. The van der Waals surface area contributed by atoms with E-state index in [0.29, 0.717) is 24.2 Å². The molecule has 0 aromatic heterocycles. The van der Waals surface area contributed by atoms with Gasteiger partial charge in [-0.3, -0.25) is 4.90 Å². The number of amides is 2. The number of urea groups is 1. The van der Waals surface area contributed by atoms with Gasteiger partial charge >= 0.3 is 6.03 Å². The van der Waals surface area contributed by atoms with Crippen LogP contribution in [0.15, 0.2) is 29.2 Å². The van der Waals surface area contributed by atoms with Gasteiger partial charge in [-0.2, -0.15) is 0 Å². The number of anilines is 1. The summed E-state index contributed by atoms with van der Waals surface area (Å²) in [5.41, 5.74) is 0.520. The highest BCUT2D eigenvalue weighted by Crippen LogP contribution is 2.17. The van der Waals surface area contributed by atoms with Crippen LogP contribution in [-0.4, -0.2) is 45.0 Å². The summed E-state index contributed by atoms with van der Waals surface area (Å²) in [6, 6.07) is 5.83. The number of benzene rings is 1. The first kappa shape index (κ1) is 19.7. The lowest BCUT2D eigenvalue weighted by Crippen LogP contribution is -2.44. The fourth-order valence-corrected chi connectivity index (χ4v) is 3.64. The van der Waals surface area contributed by atoms with Gasteiger partial charge in [-0.15, -0.1) is 0 Å². The Morgan fingerprint density at radius 1 is 1.20 bits per heavy atom. The normalized spacial score (nSPS) is 16.8. The minimum atomic E-state index is -3.72. The SMILES string of the molecule is CC(C)CC(CNC(=O)Nc1ccc(S(N)(=O)=O)cc1)N1CCCC1. The van der Waals surface area contributed by atoms with Gasteiger partial charge in [0.15, 0.2) is 0 Å². The number of hydrogen-bond donors (Lipinski definition) is 3. The predicted octanol–water partition coefficient (Wildman–Crippen LogP) is 1.97. The number of nitrogens with two attached hydrogens (primary N) is 1. The fourth-order valence-electron chi connectivity index (χ4n) is 3.13. The van der Waals surface area contributed by atoms with Crippen molar-refractivity contribution in [3.8, 4) is 0 Å². The maximum atomic E-state index is 12.1. The summed E-state index contributed by atoms with van der Waals surface area (Å²) in [5, 5.41) is 10.7. The van der Waals surface area contributed by atoms with Crippen molar-refractivity contribution < 1.29 is 13.2 Å². The van der Waals surface area contributed by atoms with Crippen molar-refractivity contribution in [2.75, 3.05) is 25.0 Å². The summed E-state index contributed by atoms with van der Waals surface area (Å²) in [5.74, 6) is 0.571. The molecule has 0 spiro atoms. The first-order chi connectivity index (χ1) is 11.8. The van der Waals surface area contributed by atoms with Crippen molar-refractivity contribution in [1.82, 2.24) is 10.2 Å². The number of rotatable bonds is 7. The smallest absolute Gasteiger partial charge is 0.319 e. The summed E-state index contributed by atoms with van der Waals surface area (Å²) in [7, 11) is -3.72. The molecule has 25 heavy (non-hydrogen) atoms. The monoisotopic (exact) mass is 368 g/mol.